The quantitative estimate of drug-likeness (QED) is 0.779. The van der Waals surface area contributed by atoms with E-state index >= 15 is 0 Å². The number of hydroxylamine groups is 1. The van der Waals surface area contributed by atoms with Crippen LogP contribution in [0.3, 0.4) is 0 Å². The fourth-order valence-electron chi connectivity index (χ4n) is 2.17. The van der Waals surface area contributed by atoms with E-state index in [1.807, 2.05) is 12.5 Å². The van der Waals surface area contributed by atoms with Gasteiger partial charge in [0, 0.05) is 12.2 Å². The number of hydrogen-bond donors (Lipinski definition) is 1. The van der Waals surface area contributed by atoms with Crippen LogP contribution in [0.4, 0.5) is 0 Å². The van der Waals surface area contributed by atoms with E-state index in [1.54, 1.807) is 0 Å². The first kappa shape index (κ1) is 11.6. The van der Waals surface area contributed by atoms with Crippen LogP contribution in [0.25, 0.3) is 0 Å². The second-order valence-electron chi connectivity index (χ2n) is 4.73. The van der Waals surface area contributed by atoms with Crippen molar-refractivity contribution in [3.63, 3.8) is 0 Å². The van der Waals surface area contributed by atoms with Gasteiger partial charge in [-0.05, 0) is 26.7 Å². The Morgan fingerprint density at radius 2 is 2.25 bits per heavy atom. The van der Waals surface area contributed by atoms with Gasteiger partial charge in [-0.25, -0.2) is 4.98 Å². The zero-order valence-electron chi connectivity index (χ0n) is 10.1. The van der Waals surface area contributed by atoms with Crippen LogP contribution in [0.15, 0.2) is 12.5 Å². The number of hydrogen-bond acceptors (Lipinski definition) is 3. The fourth-order valence-corrected chi connectivity index (χ4v) is 2.17. The van der Waals surface area contributed by atoms with Crippen molar-refractivity contribution in [3.05, 3.63) is 18.2 Å². The first-order valence-electron chi connectivity index (χ1n) is 6.16. The molecule has 1 aromatic heterocycles. The average Bonchev–Trinajstić information content (AvgIpc) is 2.87. The molecule has 4 heteroatoms. The van der Waals surface area contributed by atoms with Gasteiger partial charge < -0.3 is 4.57 Å². The third kappa shape index (κ3) is 2.83. The lowest BCUT2D eigenvalue weighted by Gasteiger charge is -2.14. The minimum Gasteiger partial charge on any atom is -0.331 e. The molecule has 1 aliphatic rings. The minimum atomic E-state index is 0.412. The Kier molecular flexibility index (Phi) is 3.96. The second kappa shape index (κ2) is 5.46. The third-order valence-electron chi connectivity index (χ3n) is 3.11. The van der Waals surface area contributed by atoms with E-state index < -0.39 is 0 Å². The Labute approximate surface area is 97.0 Å². The molecule has 90 valence electrons. The first-order chi connectivity index (χ1) is 7.77. The molecule has 0 aromatic carbocycles. The van der Waals surface area contributed by atoms with Gasteiger partial charge in [0.2, 0.25) is 0 Å². The maximum atomic E-state index is 5.62. The summed E-state index contributed by atoms with van der Waals surface area (Å²) >= 11 is 0. The van der Waals surface area contributed by atoms with Crippen molar-refractivity contribution in [3.8, 4) is 0 Å². The van der Waals surface area contributed by atoms with Crippen LogP contribution in [0.2, 0.25) is 0 Å². The van der Waals surface area contributed by atoms with Gasteiger partial charge in [0.05, 0.1) is 24.7 Å². The van der Waals surface area contributed by atoms with Gasteiger partial charge in [0.1, 0.15) is 0 Å². The van der Waals surface area contributed by atoms with E-state index in [1.165, 1.54) is 31.4 Å². The molecule has 4 nitrogen and oxygen atoms in total. The molecule has 0 amide bonds. The van der Waals surface area contributed by atoms with Gasteiger partial charge in [0.25, 0.3) is 0 Å². The molecular weight excluding hydrogens is 202 g/mol. The average molecular weight is 223 g/mol. The molecule has 0 saturated heterocycles. The summed E-state index contributed by atoms with van der Waals surface area (Å²) < 4.78 is 2.16. The van der Waals surface area contributed by atoms with Crippen LogP contribution in [0, 0.1) is 0 Å². The van der Waals surface area contributed by atoms with Crippen LogP contribution >= 0.6 is 0 Å². The Bertz CT molecular complexity index is 316. The molecule has 0 spiro atoms. The lowest BCUT2D eigenvalue weighted by molar-refractivity contribution is -0.0253. The van der Waals surface area contributed by atoms with E-state index in [-0.39, 0.29) is 0 Å². The number of rotatable bonds is 5. The molecule has 0 aliphatic heterocycles. The number of nitrogens with zero attached hydrogens (tertiary/aromatic N) is 2. The molecule has 0 bridgehead atoms. The van der Waals surface area contributed by atoms with Crippen molar-refractivity contribution in [2.24, 2.45) is 0 Å². The summed E-state index contributed by atoms with van der Waals surface area (Å²) in [5.74, 6) is 0. The largest absolute Gasteiger partial charge is 0.331 e. The molecule has 0 atom stereocenters. The molecule has 2 rings (SSSR count). The summed E-state index contributed by atoms with van der Waals surface area (Å²) in [6.45, 7) is 5.04. The van der Waals surface area contributed by atoms with Crippen molar-refractivity contribution in [2.45, 2.75) is 58.2 Å². The van der Waals surface area contributed by atoms with Crippen molar-refractivity contribution >= 4 is 0 Å². The highest BCUT2D eigenvalue weighted by Gasteiger charge is 2.15. The van der Waals surface area contributed by atoms with Crippen LogP contribution in [-0.2, 0) is 11.4 Å². The van der Waals surface area contributed by atoms with Gasteiger partial charge in [-0.2, -0.15) is 5.48 Å². The van der Waals surface area contributed by atoms with Crippen molar-refractivity contribution in [1.29, 1.82) is 0 Å². The summed E-state index contributed by atoms with van der Waals surface area (Å²) in [6, 6.07) is 0.450. The zero-order valence-corrected chi connectivity index (χ0v) is 10.1. The first-order valence-corrected chi connectivity index (χ1v) is 6.16. The standard InChI is InChI=1S/C12H21N3O/c1-10(2)15-9-13-7-11(15)8-14-16-12-5-3-4-6-12/h7,9-10,12,14H,3-6,8H2,1-2H3. The van der Waals surface area contributed by atoms with Gasteiger partial charge in [-0.15, -0.1) is 0 Å². The molecule has 1 aromatic rings. The van der Waals surface area contributed by atoms with Crippen LogP contribution in [0.5, 0.6) is 0 Å². The van der Waals surface area contributed by atoms with Crippen molar-refractivity contribution in [2.75, 3.05) is 0 Å². The highest BCUT2D eigenvalue weighted by Crippen LogP contribution is 2.20. The zero-order chi connectivity index (χ0) is 11.4. The van der Waals surface area contributed by atoms with E-state index in [4.69, 9.17) is 4.84 Å². The Morgan fingerprint density at radius 1 is 1.50 bits per heavy atom. The molecule has 1 fully saturated rings. The predicted molar refractivity (Wildman–Crippen MR) is 62.8 cm³/mol. The second-order valence-corrected chi connectivity index (χ2v) is 4.73. The van der Waals surface area contributed by atoms with E-state index in [0.717, 1.165) is 6.54 Å². The van der Waals surface area contributed by atoms with E-state index in [2.05, 4.69) is 28.9 Å². The summed E-state index contributed by atoms with van der Waals surface area (Å²) in [5.41, 5.74) is 4.24. The van der Waals surface area contributed by atoms with E-state index in [9.17, 15) is 0 Å². The SMILES string of the molecule is CC(C)n1cncc1CNOC1CCCC1. The highest BCUT2D eigenvalue weighted by atomic mass is 16.7. The maximum Gasteiger partial charge on any atom is 0.0951 e. The summed E-state index contributed by atoms with van der Waals surface area (Å²) in [5, 5.41) is 0. The van der Waals surface area contributed by atoms with Crippen LogP contribution < -0.4 is 5.48 Å². The minimum absolute atomic E-state index is 0.412. The Hall–Kier alpha value is -0.870. The Balaban J connectivity index is 1.78. The van der Waals surface area contributed by atoms with Crippen LogP contribution in [-0.4, -0.2) is 15.7 Å². The number of imidazole rings is 1. The molecule has 1 heterocycles. The van der Waals surface area contributed by atoms with E-state index in [0.29, 0.717) is 12.1 Å². The monoisotopic (exact) mass is 223 g/mol. The molecule has 1 N–H and O–H groups in total. The smallest absolute Gasteiger partial charge is 0.0951 e. The molecule has 0 radical (unpaired) electrons. The summed E-state index contributed by atoms with van der Waals surface area (Å²) in [4.78, 5) is 9.78. The molecule has 1 aliphatic carbocycles. The maximum absolute atomic E-state index is 5.62. The fraction of sp³-hybridized carbons (Fsp3) is 0.750. The lowest BCUT2D eigenvalue weighted by atomic mass is 10.3. The van der Waals surface area contributed by atoms with Crippen molar-refractivity contribution in [1.82, 2.24) is 15.0 Å². The summed E-state index contributed by atoms with van der Waals surface area (Å²) in [6.07, 6.45) is 9.16. The van der Waals surface area contributed by atoms with Crippen LogP contribution in [0.1, 0.15) is 51.3 Å². The highest BCUT2D eigenvalue weighted by molar-refractivity contribution is 4.98. The van der Waals surface area contributed by atoms with Gasteiger partial charge >= 0.3 is 0 Å². The van der Waals surface area contributed by atoms with Crippen molar-refractivity contribution < 1.29 is 4.84 Å². The lowest BCUT2D eigenvalue weighted by Crippen LogP contribution is -2.22. The topological polar surface area (TPSA) is 39.1 Å². The van der Waals surface area contributed by atoms with Gasteiger partial charge in [0.15, 0.2) is 0 Å². The summed E-state index contributed by atoms with van der Waals surface area (Å²) in [7, 11) is 0. The predicted octanol–water partition coefficient (Wildman–Crippen LogP) is 2.43. The molecule has 16 heavy (non-hydrogen) atoms. The number of aromatic nitrogens is 2. The van der Waals surface area contributed by atoms with Gasteiger partial charge in [-0.1, -0.05) is 12.8 Å². The molecule has 1 saturated carbocycles. The third-order valence-corrected chi connectivity index (χ3v) is 3.11. The normalized spacial score (nSPS) is 17.4. The molecule has 0 unspecified atom stereocenters. The van der Waals surface area contributed by atoms with Gasteiger partial charge in [-0.3, -0.25) is 4.84 Å². The number of nitrogens with one attached hydrogen (secondary N) is 1. The Morgan fingerprint density at radius 3 is 2.94 bits per heavy atom. The molecular formula is C12H21N3O.